The molecule has 0 atom stereocenters. The average molecular weight is 395 g/mol. The maximum absolute atomic E-state index is 2.99. The number of benzene rings is 2. The number of allylic oxidation sites excluding steroid dienone is 4. The van der Waals surface area contributed by atoms with E-state index in [1.54, 1.807) is 0 Å². The van der Waals surface area contributed by atoms with Crippen molar-refractivity contribution in [1.29, 1.82) is 0 Å². The predicted molar refractivity (Wildman–Crippen MR) is 107 cm³/mol. The van der Waals surface area contributed by atoms with Crippen LogP contribution in [0.4, 0.5) is 0 Å². The molecule has 0 radical (unpaired) electrons. The van der Waals surface area contributed by atoms with Gasteiger partial charge in [0.15, 0.2) is 0 Å². The van der Waals surface area contributed by atoms with Crippen molar-refractivity contribution in [2.45, 2.75) is 20.3 Å². The minimum atomic E-state index is 0. The fourth-order valence-corrected chi connectivity index (χ4v) is 2.24. The molecule has 0 saturated carbocycles. The number of hydrogen-bond donors (Lipinski definition) is 0. The van der Waals surface area contributed by atoms with E-state index in [9.17, 15) is 0 Å². The Hall–Kier alpha value is -1.33. The SMILES string of the molecule is C[CH-]C.[C-]1=CC=CC1.[CH3-].[CH3-].[Zr].c1ccc2c(c1)[cH-]c1ccccc12. The van der Waals surface area contributed by atoms with E-state index in [0.717, 1.165) is 6.42 Å². The molecule has 0 N–H and O–H groups in total. The van der Waals surface area contributed by atoms with E-state index in [2.05, 4.69) is 66.7 Å². The molecule has 1 aliphatic rings. The molecule has 1 heteroatoms. The Morgan fingerprint density at radius 1 is 0.875 bits per heavy atom. The van der Waals surface area contributed by atoms with Gasteiger partial charge in [-0.05, 0) is 0 Å². The molecule has 0 bridgehead atoms. The molecule has 0 amide bonds. The Morgan fingerprint density at radius 3 is 1.67 bits per heavy atom. The van der Waals surface area contributed by atoms with Crippen LogP contribution in [0.1, 0.15) is 20.3 Å². The summed E-state index contributed by atoms with van der Waals surface area (Å²) in [4.78, 5) is 0. The summed E-state index contributed by atoms with van der Waals surface area (Å²) in [7, 11) is 0. The molecular formula is C23H27Zr-5. The van der Waals surface area contributed by atoms with Crippen LogP contribution in [0.15, 0.2) is 72.8 Å². The Labute approximate surface area is 167 Å². The molecule has 24 heavy (non-hydrogen) atoms. The first-order valence-corrected chi connectivity index (χ1v) is 7.35. The van der Waals surface area contributed by atoms with Gasteiger partial charge in [0.2, 0.25) is 0 Å². The molecule has 0 unspecified atom stereocenters. The molecule has 0 nitrogen and oxygen atoms in total. The van der Waals surface area contributed by atoms with E-state index in [1.165, 1.54) is 21.5 Å². The van der Waals surface area contributed by atoms with E-state index < -0.39 is 0 Å². The van der Waals surface area contributed by atoms with Crippen LogP contribution in [0.2, 0.25) is 0 Å². The van der Waals surface area contributed by atoms with Gasteiger partial charge in [0.1, 0.15) is 0 Å². The van der Waals surface area contributed by atoms with E-state index >= 15 is 0 Å². The van der Waals surface area contributed by atoms with Gasteiger partial charge in [-0.1, -0.05) is 36.4 Å². The summed E-state index contributed by atoms with van der Waals surface area (Å²) >= 11 is 0. The Balaban J connectivity index is 0. The molecule has 0 aliphatic heterocycles. The molecule has 4 rings (SSSR count). The van der Waals surface area contributed by atoms with Crippen LogP contribution in [-0.2, 0) is 26.2 Å². The van der Waals surface area contributed by atoms with Crippen molar-refractivity contribution >= 4 is 21.5 Å². The largest absolute Gasteiger partial charge is 0.358 e. The van der Waals surface area contributed by atoms with Crippen molar-refractivity contribution in [1.82, 2.24) is 0 Å². The van der Waals surface area contributed by atoms with Gasteiger partial charge in [-0.25, -0.2) is 12.2 Å². The van der Waals surface area contributed by atoms with Gasteiger partial charge in [0, 0.05) is 26.2 Å². The summed E-state index contributed by atoms with van der Waals surface area (Å²) in [6, 6.07) is 19.3. The maximum Gasteiger partial charge on any atom is 0 e. The zero-order valence-electron chi connectivity index (χ0n) is 15.2. The third-order valence-electron chi connectivity index (χ3n) is 3.11. The summed E-state index contributed by atoms with van der Waals surface area (Å²) in [5.41, 5.74) is 0. The monoisotopic (exact) mass is 393 g/mol. The van der Waals surface area contributed by atoms with Crippen molar-refractivity contribution in [3.63, 3.8) is 0 Å². The number of hydrogen-bond acceptors (Lipinski definition) is 0. The van der Waals surface area contributed by atoms with Gasteiger partial charge in [-0.15, -0.1) is 46.2 Å². The van der Waals surface area contributed by atoms with Crippen molar-refractivity contribution in [3.8, 4) is 0 Å². The standard InChI is InChI=1S/C13H9.C5H5.C3H7.2CH3.Zr/c1-3-7-12-10(5-1)9-11-6-2-4-8-13(11)12;1-2-4-5-3-1;1-3-2;;;/h1-9H;1-3H,4H2;3H,1-2H3;2*1H3;/q5*-1;. The Bertz CT molecular complexity index is 671. The van der Waals surface area contributed by atoms with Gasteiger partial charge in [0.25, 0.3) is 0 Å². The third kappa shape index (κ3) is 7.06. The minimum Gasteiger partial charge on any atom is -0.358 e. The summed E-state index contributed by atoms with van der Waals surface area (Å²) < 4.78 is 0. The van der Waals surface area contributed by atoms with Crippen LogP contribution in [0.5, 0.6) is 0 Å². The fourth-order valence-electron chi connectivity index (χ4n) is 2.24. The zero-order chi connectivity index (χ0) is 14.9. The average Bonchev–Trinajstić information content (AvgIpc) is 3.19. The van der Waals surface area contributed by atoms with Crippen LogP contribution in [0.25, 0.3) is 21.5 Å². The van der Waals surface area contributed by atoms with E-state index in [1.807, 2.05) is 32.4 Å². The van der Waals surface area contributed by atoms with E-state index in [4.69, 9.17) is 0 Å². The summed E-state index contributed by atoms with van der Waals surface area (Å²) in [5, 5.41) is 5.39. The van der Waals surface area contributed by atoms with Gasteiger partial charge < -0.3 is 21.3 Å². The van der Waals surface area contributed by atoms with Gasteiger partial charge in [-0.3, -0.25) is 6.08 Å². The van der Waals surface area contributed by atoms with E-state index in [0.29, 0.717) is 0 Å². The topological polar surface area (TPSA) is 0 Å². The molecule has 0 saturated heterocycles. The Morgan fingerprint density at radius 2 is 1.33 bits per heavy atom. The molecule has 0 heterocycles. The van der Waals surface area contributed by atoms with Crippen LogP contribution in [0.3, 0.4) is 0 Å². The van der Waals surface area contributed by atoms with Gasteiger partial charge >= 0.3 is 0 Å². The van der Waals surface area contributed by atoms with Crippen molar-refractivity contribution < 1.29 is 26.2 Å². The summed E-state index contributed by atoms with van der Waals surface area (Å²) in [6.07, 6.45) is 12.0. The molecule has 128 valence electrons. The molecule has 3 aromatic rings. The van der Waals surface area contributed by atoms with Gasteiger partial charge in [-0.2, -0.15) is 19.9 Å². The molecule has 1 aliphatic carbocycles. The smallest absolute Gasteiger partial charge is 0 e. The summed E-state index contributed by atoms with van der Waals surface area (Å²) in [6.45, 7) is 4.00. The molecule has 0 aromatic heterocycles. The quantitative estimate of drug-likeness (QED) is 0.355. The first-order valence-electron chi connectivity index (χ1n) is 7.35. The fraction of sp³-hybridized carbons (Fsp3) is 0.130. The van der Waals surface area contributed by atoms with Crippen LogP contribution in [-0.4, -0.2) is 0 Å². The molecule has 3 aromatic carbocycles. The normalized spacial score (nSPS) is 10.4. The van der Waals surface area contributed by atoms with Crippen LogP contribution in [0, 0.1) is 27.4 Å². The van der Waals surface area contributed by atoms with Crippen molar-refractivity contribution in [2.24, 2.45) is 0 Å². The second kappa shape index (κ2) is 14.1. The molecule has 0 fully saturated rings. The Kier molecular flexibility index (Phi) is 14.6. The zero-order valence-corrected chi connectivity index (χ0v) is 17.7. The first-order chi connectivity index (χ1) is 10.4. The second-order valence-corrected chi connectivity index (χ2v) is 4.90. The van der Waals surface area contributed by atoms with Crippen LogP contribution >= 0.6 is 0 Å². The van der Waals surface area contributed by atoms with Crippen molar-refractivity contribution in [3.05, 3.63) is 100 Å². The van der Waals surface area contributed by atoms with Gasteiger partial charge in [0.05, 0.1) is 0 Å². The third-order valence-corrected chi connectivity index (χ3v) is 3.11. The van der Waals surface area contributed by atoms with E-state index in [-0.39, 0.29) is 41.1 Å². The number of fused-ring (bicyclic) bond motifs is 3. The second-order valence-electron chi connectivity index (χ2n) is 4.90. The summed E-state index contributed by atoms with van der Waals surface area (Å²) in [5.74, 6) is 0. The maximum atomic E-state index is 2.99. The predicted octanol–water partition coefficient (Wildman–Crippen LogP) is 7.15. The molecule has 0 spiro atoms. The van der Waals surface area contributed by atoms with Crippen molar-refractivity contribution in [2.75, 3.05) is 0 Å². The number of rotatable bonds is 0. The molecular weight excluding hydrogens is 367 g/mol. The minimum absolute atomic E-state index is 0. The van der Waals surface area contributed by atoms with Crippen LogP contribution < -0.4 is 0 Å². The first kappa shape index (κ1) is 24.9.